The molecule has 0 saturated carbocycles. The first-order chi connectivity index (χ1) is 10.7. The molecule has 2 rings (SSSR count). The number of H-pyrrole nitrogens is 1. The molecule has 1 saturated heterocycles. The van der Waals surface area contributed by atoms with Gasteiger partial charge in [-0.3, -0.25) is 9.89 Å². The van der Waals surface area contributed by atoms with Crippen LogP contribution in [0.15, 0.2) is 0 Å². The van der Waals surface area contributed by atoms with Gasteiger partial charge in [0, 0.05) is 30.4 Å². The number of nitrogens with one attached hydrogen (secondary N) is 2. The lowest BCUT2D eigenvalue weighted by Gasteiger charge is -2.19. The number of rotatable bonds is 6. The summed E-state index contributed by atoms with van der Waals surface area (Å²) >= 11 is 0. The van der Waals surface area contributed by atoms with Crippen LogP contribution in [0, 0.1) is 19.8 Å². The van der Waals surface area contributed by atoms with Crippen LogP contribution in [-0.2, 0) is 21.2 Å². The minimum atomic E-state index is -3.22. The van der Waals surface area contributed by atoms with Crippen molar-refractivity contribution in [3.8, 4) is 0 Å². The summed E-state index contributed by atoms with van der Waals surface area (Å²) in [5.74, 6) is 0.0873. The summed E-state index contributed by atoms with van der Waals surface area (Å²) in [6, 6.07) is -0.121. The SMILES string of the molecule is CCC[C@H]1CN(S(C)(=O)=O)C[C@@H]1NC(=O)Cc1c(C)n[nH]c1C. The molecule has 2 N–H and O–H groups in total. The summed E-state index contributed by atoms with van der Waals surface area (Å²) in [6.07, 6.45) is 3.36. The van der Waals surface area contributed by atoms with E-state index < -0.39 is 10.0 Å². The van der Waals surface area contributed by atoms with Gasteiger partial charge in [-0.1, -0.05) is 13.3 Å². The molecule has 2 atom stereocenters. The molecule has 1 aliphatic rings. The number of carbonyl (C=O) groups is 1. The molecule has 1 aromatic heterocycles. The van der Waals surface area contributed by atoms with Gasteiger partial charge in [-0.05, 0) is 26.2 Å². The van der Waals surface area contributed by atoms with Gasteiger partial charge in [-0.15, -0.1) is 0 Å². The van der Waals surface area contributed by atoms with Crippen molar-refractivity contribution < 1.29 is 13.2 Å². The molecule has 0 radical (unpaired) electrons. The second kappa shape index (κ2) is 7.00. The minimum Gasteiger partial charge on any atom is -0.351 e. The lowest BCUT2D eigenvalue weighted by Crippen LogP contribution is -2.41. The second-order valence-corrected chi connectivity index (χ2v) is 8.37. The van der Waals surface area contributed by atoms with E-state index in [0.29, 0.717) is 13.1 Å². The molecule has 1 aliphatic heterocycles. The van der Waals surface area contributed by atoms with E-state index in [9.17, 15) is 13.2 Å². The average molecular weight is 342 g/mol. The van der Waals surface area contributed by atoms with Crippen LogP contribution in [0.25, 0.3) is 0 Å². The normalized spacial score (nSPS) is 22.4. The predicted octanol–water partition coefficient (Wildman–Crippen LogP) is 0.745. The van der Waals surface area contributed by atoms with Crippen LogP contribution in [0.5, 0.6) is 0 Å². The molecule has 1 amide bonds. The maximum atomic E-state index is 12.4. The molecule has 7 nitrogen and oxygen atoms in total. The van der Waals surface area contributed by atoms with E-state index in [1.54, 1.807) is 0 Å². The van der Waals surface area contributed by atoms with Crippen molar-refractivity contribution in [1.29, 1.82) is 0 Å². The third-order valence-corrected chi connectivity index (χ3v) is 5.74. The second-order valence-electron chi connectivity index (χ2n) is 6.39. The van der Waals surface area contributed by atoms with E-state index in [4.69, 9.17) is 0 Å². The van der Waals surface area contributed by atoms with Gasteiger partial charge in [0.1, 0.15) is 0 Å². The van der Waals surface area contributed by atoms with Crippen LogP contribution in [0.4, 0.5) is 0 Å². The Bertz CT molecular complexity index is 649. The Balaban J connectivity index is 2.03. The highest BCUT2D eigenvalue weighted by atomic mass is 32.2. The zero-order valence-corrected chi connectivity index (χ0v) is 15.0. The lowest BCUT2D eigenvalue weighted by atomic mass is 9.98. The van der Waals surface area contributed by atoms with Gasteiger partial charge in [-0.2, -0.15) is 9.40 Å². The van der Waals surface area contributed by atoms with Crippen LogP contribution >= 0.6 is 0 Å². The minimum absolute atomic E-state index is 0.0842. The van der Waals surface area contributed by atoms with E-state index in [1.165, 1.54) is 10.6 Å². The third-order valence-electron chi connectivity index (χ3n) is 4.50. The van der Waals surface area contributed by atoms with Crippen molar-refractivity contribution in [3.63, 3.8) is 0 Å². The van der Waals surface area contributed by atoms with E-state index in [1.807, 2.05) is 13.8 Å². The quantitative estimate of drug-likeness (QED) is 0.797. The van der Waals surface area contributed by atoms with Gasteiger partial charge >= 0.3 is 0 Å². The Morgan fingerprint density at radius 1 is 1.39 bits per heavy atom. The first-order valence-corrected chi connectivity index (χ1v) is 9.82. The molecule has 0 spiro atoms. The monoisotopic (exact) mass is 342 g/mol. The molecule has 1 aromatic rings. The third kappa shape index (κ3) is 4.32. The van der Waals surface area contributed by atoms with Crippen LogP contribution < -0.4 is 5.32 Å². The Kier molecular flexibility index (Phi) is 5.46. The van der Waals surface area contributed by atoms with Gasteiger partial charge in [0.15, 0.2) is 0 Å². The van der Waals surface area contributed by atoms with Crippen molar-refractivity contribution >= 4 is 15.9 Å². The number of hydrogen-bond acceptors (Lipinski definition) is 4. The molecule has 0 unspecified atom stereocenters. The van der Waals surface area contributed by atoms with Crippen molar-refractivity contribution in [2.45, 2.75) is 46.1 Å². The van der Waals surface area contributed by atoms with Crippen molar-refractivity contribution in [2.24, 2.45) is 5.92 Å². The number of aryl methyl sites for hydroxylation is 2. The number of carbonyl (C=O) groups excluding carboxylic acids is 1. The van der Waals surface area contributed by atoms with Gasteiger partial charge in [-0.25, -0.2) is 8.42 Å². The first-order valence-electron chi connectivity index (χ1n) is 7.97. The smallest absolute Gasteiger partial charge is 0.224 e. The average Bonchev–Trinajstić information content (AvgIpc) is 2.98. The van der Waals surface area contributed by atoms with Crippen molar-refractivity contribution in [2.75, 3.05) is 19.3 Å². The fraction of sp³-hybridized carbons (Fsp3) is 0.733. The number of sulfonamides is 1. The molecule has 8 heteroatoms. The summed E-state index contributed by atoms with van der Waals surface area (Å²) in [5, 5.41) is 9.99. The maximum Gasteiger partial charge on any atom is 0.224 e. The Labute approximate surface area is 137 Å². The summed E-state index contributed by atoms with van der Waals surface area (Å²) in [7, 11) is -3.22. The summed E-state index contributed by atoms with van der Waals surface area (Å²) in [5.41, 5.74) is 2.63. The molecule has 23 heavy (non-hydrogen) atoms. The highest BCUT2D eigenvalue weighted by molar-refractivity contribution is 7.88. The zero-order chi connectivity index (χ0) is 17.2. The van der Waals surface area contributed by atoms with E-state index in [2.05, 4.69) is 22.4 Å². The molecule has 0 aromatic carbocycles. The molecular weight excluding hydrogens is 316 g/mol. The molecule has 2 heterocycles. The standard InChI is InChI=1S/C15H26N4O3S/c1-5-6-12-8-19(23(4,21)22)9-14(12)16-15(20)7-13-10(2)17-18-11(13)3/h12,14H,5-9H2,1-4H3,(H,16,20)(H,17,18)/t12-,14-/m0/s1. The van der Waals surface area contributed by atoms with Gasteiger partial charge < -0.3 is 5.32 Å². The topological polar surface area (TPSA) is 95.2 Å². The summed E-state index contributed by atoms with van der Waals surface area (Å²) in [6.45, 7) is 6.68. The molecule has 0 aliphatic carbocycles. The number of amides is 1. The fourth-order valence-electron chi connectivity index (χ4n) is 3.18. The fourth-order valence-corrected chi connectivity index (χ4v) is 4.08. The molecule has 0 bridgehead atoms. The Morgan fingerprint density at radius 3 is 2.61 bits per heavy atom. The van der Waals surface area contributed by atoms with Gasteiger partial charge in [0.25, 0.3) is 0 Å². The first kappa shape index (κ1) is 17.9. The molecule has 130 valence electrons. The highest BCUT2D eigenvalue weighted by Gasteiger charge is 2.37. The number of aromatic amines is 1. The summed E-state index contributed by atoms with van der Waals surface area (Å²) < 4.78 is 25.0. The highest BCUT2D eigenvalue weighted by Crippen LogP contribution is 2.24. The van der Waals surface area contributed by atoms with Crippen molar-refractivity contribution in [1.82, 2.24) is 19.8 Å². The number of aromatic nitrogens is 2. The molecular formula is C15H26N4O3S. The van der Waals surface area contributed by atoms with Crippen LogP contribution in [0.1, 0.15) is 36.7 Å². The van der Waals surface area contributed by atoms with E-state index in [0.717, 1.165) is 29.8 Å². The van der Waals surface area contributed by atoms with Gasteiger partial charge in [0.2, 0.25) is 15.9 Å². The number of nitrogens with zero attached hydrogens (tertiary/aromatic N) is 2. The van der Waals surface area contributed by atoms with Gasteiger partial charge in [0.05, 0.1) is 18.4 Å². The lowest BCUT2D eigenvalue weighted by molar-refractivity contribution is -0.121. The van der Waals surface area contributed by atoms with Crippen LogP contribution in [0.3, 0.4) is 0 Å². The van der Waals surface area contributed by atoms with Crippen LogP contribution in [0.2, 0.25) is 0 Å². The Morgan fingerprint density at radius 2 is 2.09 bits per heavy atom. The van der Waals surface area contributed by atoms with Crippen molar-refractivity contribution in [3.05, 3.63) is 17.0 Å². The van der Waals surface area contributed by atoms with Crippen LogP contribution in [-0.4, -0.2) is 54.2 Å². The largest absolute Gasteiger partial charge is 0.351 e. The molecule has 1 fully saturated rings. The van der Waals surface area contributed by atoms with E-state index in [-0.39, 0.29) is 24.3 Å². The number of hydrogen-bond donors (Lipinski definition) is 2. The predicted molar refractivity (Wildman–Crippen MR) is 88.5 cm³/mol. The zero-order valence-electron chi connectivity index (χ0n) is 14.2. The maximum absolute atomic E-state index is 12.4. The Hall–Kier alpha value is -1.41. The van der Waals surface area contributed by atoms with E-state index >= 15 is 0 Å². The summed E-state index contributed by atoms with van der Waals surface area (Å²) in [4.78, 5) is 12.4.